The lowest BCUT2D eigenvalue weighted by Gasteiger charge is -2.11. The molecule has 0 saturated carbocycles. The van der Waals surface area contributed by atoms with Crippen molar-refractivity contribution in [3.63, 3.8) is 0 Å². The Bertz CT molecular complexity index is 535. The standard InChI is InChI=1S/C16H19FN2/c1-12-11-15(18-2)7-8-16(12)19-10-9-13-3-5-14(17)6-4-13/h3-8,11,18-19H,9-10H2,1-2H3. The van der Waals surface area contributed by atoms with Crippen molar-refractivity contribution in [2.75, 3.05) is 24.2 Å². The topological polar surface area (TPSA) is 24.1 Å². The molecular formula is C16H19FN2. The lowest BCUT2D eigenvalue weighted by molar-refractivity contribution is 0.627. The Kier molecular flexibility index (Phi) is 4.39. The summed E-state index contributed by atoms with van der Waals surface area (Å²) < 4.78 is 12.8. The summed E-state index contributed by atoms with van der Waals surface area (Å²) >= 11 is 0. The normalized spacial score (nSPS) is 10.3. The third-order valence-corrected chi connectivity index (χ3v) is 3.16. The van der Waals surface area contributed by atoms with Crippen molar-refractivity contribution >= 4 is 11.4 Å². The lowest BCUT2D eigenvalue weighted by Crippen LogP contribution is -2.06. The van der Waals surface area contributed by atoms with Crippen molar-refractivity contribution in [2.45, 2.75) is 13.3 Å². The fourth-order valence-electron chi connectivity index (χ4n) is 2.01. The van der Waals surface area contributed by atoms with Crippen LogP contribution in [0.25, 0.3) is 0 Å². The Morgan fingerprint density at radius 2 is 1.79 bits per heavy atom. The van der Waals surface area contributed by atoms with E-state index in [1.807, 2.05) is 25.2 Å². The number of halogens is 1. The third-order valence-electron chi connectivity index (χ3n) is 3.16. The first-order chi connectivity index (χ1) is 9.19. The molecule has 0 aliphatic heterocycles. The molecule has 0 saturated heterocycles. The maximum absolute atomic E-state index is 12.8. The largest absolute Gasteiger partial charge is 0.388 e. The minimum Gasteiger partial charge on any atom is -0.388 e. The van der Waals surface area contributed by atoms with Gasteiger partial charge in [0.2, 0.25) is 0 Å². The number of hydrogen-bond acceptors (Lipinski definition) is 2. The number of nitrogens with one attached hydrogen (secondary N) is 2. The van der Waals surface area contributed by atoms with Gasteiger partial charge in [0.25, 0.3) is 0 Å². The Labute approximate surface area is 113 Å². The van der Waals surface area contributed by atoms with Crippen molar-refractivity contribution in [2.24, 2.45) is 0 Å². The number of anilines is 2. The van der Waals surface area contributed by atoms with Crippen LogP contribution >= 0.6 is 0 Å². The molecule has 2 aromatic rings. The molecule has 2 aromatic carbocycles. The molecule has 0 radical (unpaired) electrons. The molecule has 0 unspecified atom stereocenters. The van der Waals surface area contributed by atoms with E-state index in [1.54, 1.807) is 0 Å². The summed E-state index contributed by atoms with van der Waals surface area (Å²) in [6.45, 7) is 2.92. The molecule has 0 bridgehead atoms. The zero-order chi connectivity index (χ0) is 13.7. The van der Waals surface area contributed by atoms with Crippen LogP contribution in [0.5, 0.6) is 0 Å². The van der Waals surface area contributed by atoms with E-state index in [9.17, 15) is 4.39 Å². The Hall–Kier alpha value is -2.03. The Morgan fingerprint density at radius 3 is 2.42 bits per heavy atom. The first kappa shape index (κ1) is 13.4. The molecule has 0 aromatic heterocycles. The van der Waals surface area contributed by atoms with E-state index in [2.05, 4.69) is 29.7 Å². The Morgan fingerprint density at radius 1 is 1.05 bits per heavy atom. The first-order valence-corrected chi connectivity index (χ1v) is 6.46. The van der Waals surface area contributed by atoms with E-state index in [-0.39, 0.29) is 5.82 Å². The summed E-state index contributed by atoms with van der Waals surface area (Å²) in [5.41, 5.74) is 4.60. The number of benzene rings is 2. The van der Waals surface area contributed by atoms with Gasteiger partial charge in [0.15, 0.2) is 0 Å². The van der Waals surface area contributed by atoms with Crippen LogP contribution in [-0.2, 0) is 6.42 Å². The molecule has 0 aliphatic carbocycles. The van der Waals surface area contributed by atoms with Crippen LogP contribution in [-0.4, -0.2) is 13.6 Å². The molecule has 0 spiro atoms. The van der Waals surface area contributed by atoms with Crippen LogP contribution in [0.2, 0.25) is 0 Å². The van der Waals surface area contributed by atoms with Crippen molar-refractivity contribution < 1.29 is 4.39 Å². The maximum atomic E-state index is 12.8. The molecule has 100 valence electrons. The summed E-state index contributed by atoms with van der Waals surface area (Å²) in [5, 5.41) is 6.52. The molecule has 0 amide bonds. The highest BCUT2D eigenvalue weighted by molar-refractivity contribution is 5.59. The predicted molar refractivity (Wildman–Crippen MR) is 79.3 cm³/mol. The van der Waals surface area contributed by atoms with Gasteiger partial charge in [-0.2, -0.15) is 0 Å². The van der Waals surface area contributed by atoms with E-state index < -0.39 is 0 Å². The molecule has 2 N–H and O–H groups in total. The molecule has 19 heavy (non-hydrogen) atoms. The van der Waals surface area contributed by atoms with Gasteiger partial charge < -0.3 is 10.6 Å². The predicted octanol–water partition coefficient (Wildman–Crippen LogP) is 3.83. The van der Waals surface area contributed by atoms with Gasteiger partial charge in [-0.3, -0.25) is 0 Å². The van der Waals surface area contributed by atoms with Gasteiger partial charge in [-0.1, -0.05) is 12.1 Å². The van der Waals surface area contributed by atoms with Gasteiger partial charge in [0, 0.05) is 25.0 Å². The highest BCUT2D eigenvalue weighted by Crippen LogP contribution is 2.19. The van der Waals surface area contributed by atoms with Crippen LogP contribution in [0, 0.1) is 12.7 Å². The fraction of sp³-hybridized carbons (Fsp3) is 0.250. The van der Waals surface area contributed by atoms with E-state index in [1.165, 1.54) is 17.7 Å². The zero-order valence-corrected chi connectivity index (χ0v) is 11.3. The molecular weight excluding hydrogens is 239 g/mol. The molecule has 3 heteroatoms. The fourth-order valence-corrected chi connectivity index (χ4v) is 2.01. The van der Waals surface area contributed by atoms with Crippen LogP contribution < -0.4 is 10.6 Å². The number of aryl methyl sites for hydroxylation is 1. The maximum Gasteiger partial charge on any atom is 0.123 e. The highest BCUT2D eigenvalue weighted by atomic mass is 19.1. The second-order valence-electron chi connectivity index (χ2n) is 4.58. The van der Waals surface area contributed by atoms with E-state index in [0.717, 1.165) is 29.9 Å². The summed E-state index contributed by atoms with van der Waals surface area (Å²) in [6, 6.07) is 12.9. The quantitative estimate of drug-likeness (QED) is 0.851. The minimum atomic E-state index is -0.185. The zero-order valence-electron chi connectivity index (χ0n) is 11.3. The van der Waals surface area contributed by atoms with Gasteiger partial charge in [0.1, 0.15) is 5.82 Å². The summed E-state index contributed by atoms with van der Waals surface area (Å²) in [4.78, 5) is 0. The second-order valence-corrected chi connectivity index (χ2v) is 4.58. The van der Waals surface area contributed by atoms with E-state index >= 15 is 0 Å². The van der Waals surface area contributed by atoms with Crippen LogP contribution in [0.15, 0.2) is 42.5 Å². The van der Waals surface area contributed by atoms with Crippen LogP contribution in [0.3, 0.4) is 0 Å². The minimum absolute atomic E-state index is 0.185. The lowest BCUT2D eigenvalue weighted by atomic mass is 10.1. The number of hydrogen-bond donors (Lipinski definition) is 2. The van der Waals surface area contributed by atoms with Crippen molar-refractivity contribution in [1.29, 1.82) is 0 Å². The first-order valence-electron chi connectivity index (χ1n) is 6.46. The molecule has 2 nitrogen and oxygen atoms in total. The van der Waals surface area contributed by atoms with Crippen LogP contribution in [0.4, 0.5) is 15.8 Å². The van der Waals surface area contributed by atoms with Crippen molar-refractivity contribution in [3.8, 4) is 0 Å². The van der Waals surface area contributed by atoms with Gasteiger partial charge in [-0.05, 0) is 54.8 Å². The van der Waals surface area contributed by atoms with E-state index in [0.29, 0.717) is 0 Å². The van der Waals surface area contributed by atoms with Crippen LogP contribution in [0.1, 0.15) is 11.1 Å². The summed E-state index contributed by atoms with van der Waals surface area (Å²) in [6.07, 6.45) is 0.882. The third kappa shape index (κ3) is 3.71. The molecule has 0 heterocycles. The number of rotatable bonds is 5. The monoisotopic (exact) mass is 258 g/mol. The van der Waals surface area contributed by atoms with Crippen molar-refractivity contribution in [1.82, 2.24) is 0 Å². The molecule has 2 rings (SSSR count). The van der Waals surface area contributed by atoms with Gasteiger partial charge in [0.05, 0.1) is 0 Å². The second kappa shape index (κ2) is 6.23. The van der Waals surface area contributed by atoms with Gasteiger partial charge >= 0.3 is 0 Å². The SMILES string of the molecule is CNc1ccc(NCCc2ccc(F)cc2)c(C)c1. The van der Waals surface area contributed by atoms with Gasteiger partial charge in [-0.25, -0.2) is 4.39 Å². The summed E-state index contributed by atoms with van der Waals surface area (Å²) in [5.74, 6) is -0.185. The average molecular weight is 258 g/mol. The highest BCUT2D eigenvalue weighted by Gasteiger charge is 1.99. The molecule has 0 fully saturated rings. The molecule has 0 atom stereocenters. The van der Waals surface area contributed by atoms with Gasteiger partial charge in [-0.15, -0.1) is 0 Å². The van der Waals surface area contributed by atoms with Crippen molar-refractivity contribution in [3.05, 3.63) is 59.4 Å². The van der Waals surface area contributed by atoms with E-state index in [4.69, 9.17) is 0 Å². The smallest absolute Gasteiger partial charge is 0.123 e. The molecule has 0 aliphatic rings. The average Bonchev–Trinajstić information content (AvgIpc) is 2.42. The summed E-state index contributed by atoms with van der Waals surface area (Å²) in [7, 11) is 1.91. The Balaban J connectivity index is 1.90.